The van der Waals surface area contributed by atoms with Crippen LogP contribution in [0.5, 0.6) is 0 Å². The van der Waals surface area contributed by atoms with E-state index in [0.717, 1.165) is 57.6 Å². The minimum absolute atomic E-state index is 0.185. The van der Waals surface area contributed by atoms with Crippen molar-refractivity contribution in [3.8, 4) is 0 Å². The summed E-state index contributed by atoms with van der Waals surface area (Å²) in [6.45, 7) is 7.59. The van der Waals surface area contributed by atoms with Gasteiger partial charge in [0, 0.05) is 38.7 Å². The number of likely N-dealkylation sites (tertiary alicyclic amines) is 1. The van der Waals surface area contributed by atoms with E-state index >= 15 is 0 Å². The Balaban J connectivity index is 1.58. The molecular formula is C17H31N3O3S. The molecule has 0 aliphatic carbocycles. The monoisotopic (exact) mass is 357 g/mol. The quantitative estimate of drug-likeness (QED) is 0.603. The molecule has 3 saturated heterocycles. The first-order chi connectivity index (χ1) is 11.5. The molecule has 3 fully saturated rings. The summed E-state index contributed by atoms with van der Waals surface area (Å²) in [4.78, 5) is 7.15. The summed E-state index contributed by atoms with van der Waals surface area (Å²) in [5.74, 6) is 3.13. The first-order valence-corrected chi connectivity index (χ1v) is 11.2. The standard InChI is InChI=1S/C17H31N3O3S/c1-14-2-6-20(7-3-14)17(18-10-15-4-8-23-12-15)19-11-16-5-9-24(21,22)13-16/h14-16H,2-13H2,1H3,(H,18,19). The molecule has 0 amide bonds. The maximum Gasteiger partial charge on any atom is 0.193 e. The second kappa shape index (κ2) is 8.04. The minimum Gasteiger partial charge on any atom is -0.381 e. The second-order valence-corrected chi connectivity index (χ2v) is 9.94. The van der Waals surface area contributed by atoms with Crippen LogP contribution in [0.1, 0.15) is 32.6 Å². The highest BCUT2D eigenvalue weighted by Gasteiger charge is 2.28. The average Bonchev–Trinajstić information content (AvgIpc) is 3.18. The molecule has 3 aliphatic rings. The van der Waals surface area contributed by atoms with Crippen LogP contribution in [-0.2, 0) is 14.6 Å². The van der Waals surface area contributed by atoms with Crippen LogP contribution in [0, 0.1) is 17.8 Å². The molecule has 2 atom stereocenters. The Hall–Kier alpha value is -0.820. The van der Waals surface area contributed by atoms with Crippen LogP contribution in [0.15, 0.2) is 4.99 Å². The van der Waals surface area contributed by atoms with Gasteiger partial charge in [0.2, 0.25) is 0 Å². The van der Waals surface area contributed by atoms with Gasteiger partial charge in [-0.2, -0.15) is 0 Å². The average molecular weight is 358 g/mol. The summed E-state index contributed by atoms with van der Waals surface area (Å²) in [5.41, 5.74) is 0. The van der Waals surface area contributed by atoms with Crippen molar-refractivity contribution in [3.63, 3.8) is 0 Å². The van der Waals surface area contributed by atoms with Gasteiger partial charge in [0.05, 0.1) is 18.1 Å². The van der Waals surface area contributed by atoms with Crippen molar-refractivity contribution in [1.29, 1.82) is 0 Å². The molecule has 2 unspecified atom stereocenters. The van der Waals surface area contributed by atoms with Crippen LogP contribution >= 0.6 is 0 Å². The molecule has 138 valence electrons. The van der Waals surface area contributed by atoms with Gasteiger partial charge in [-0.15, -0.1) is 0 Å². The summed E-state index contributed by atoms with van der Waals surface area (Å²) in [6.07, 6.45) is 4.26. The van der Waals surface area contributed by atoms with Gasteiger partial charge in [-0.25, -0.2) is 8.42 Å². The first-order valence-electron chi connectivity index (χ1n) is 9.33. The molecule has 6 nitrogen and oxygen atoms in total. The summed E-state index contributed by atoms with van der Waals surface area (Å²) in [7, 11) is -2.82. The number of rotatable bonds is 4. The van der Waals surface area contributed by atoms with Crippen molar-refractivity contribution in [1.82, 2.24) is 10.2 Å². The van der Waals surface area contributed by atoms with Gasteiger partial charge in [-0.3, -0.25) is 4.99 Å². The van der Waals surface area contributed by atoms with Gasteiger partial charge in [0.25, 0.3) is 0 Å². The Morgan fingerprint density at radius 3 is 2.62 bits per heavy atom. The minimum atomic E-state index is -2.82. The van der Waals surface area contributed by atoms with Gasteiger partial charge in [0.15, 0.2) is 15.8 Å². The molecule has 1 N–H and O–H groups in total. The van der Waals surface area contributed by atoms with Crippen LogP contribution in [0.4, 0.5) is 0 Å². The van der Waals surface area contributed by atoms with Crippen LogP contribution in [0.25, 0.3) is 0 Å². The van der Waals surface area contributed by atoms with Crippen molar-refractivity contribution in [2.45, 2.75) is 32.6 Å². The van der Waals surface area contributed by atoms with Crippen molar-refractivity contribution in [2.75, 3.05) is 50.9 Å². The summed E-state index contributed by atoms with van der Waals surface area (Å²) >= 11 is 0. The molecule has 0 radical (unpaired) electrons. The molecule has 0 aromatic carbocycles. The van der Waals surface area contributed by atoms with Crippen molar-refractivity contribution in [3.05, 3.63) is 0 Å². The highest BCUT2D eigenvalue weighted by molar-refractivity contribution is 7.91. The predicted octanol–water partition coefficient (Wildman–Crippen LogP) is 1.14. The third kappa shape index (κ3) is 5.09. The SMILES string of the molecule is CC1CCN(C(=NCC2CCS(=O)(=O)C2)NCC2CCOC2)CC1. The van der Waals surface area contributed by atoms with E-state index in [0.29, 0.717) is 24.0 Å². The third-order valence-electron chi connectivity index (χ3n) is 5.48. The summed E-state index contributed by atoms with van der Waals surface area (Å²) in [5, 5.41) is 3.54. The first kappa shape index (κ1) is 18.0. The molecule has 0 spiro atoms. The number of guanidine groups is 1. The fourth-order valence-corrected chi connectivity index (χ4v) is 5.55. The number of nitrogens with one attached hydrogen (secondary N) is 1. The molecule has 0 aromatic rings. The Kier molecular flexibility index (Phi) is 6.02. The zero-order valence-electron chi connectivity index (χ0n) is 14.7. The van der Waals surface area contributed by atoms with Crippen molar-refractivity contribution >= 4 is 15.8 Å². The number of piperidine rings is 1. The Morgan fingerprint density at radius 2 is 2.00 bits per heavy atom. The molecule has 0 saturated carbocycles. The normalized spacial score (nSPS) is 31.5. The second-order valence-electron chi connectivity index (χ2n) is 7.71. The number of hydrogen-bond acceptors (Lipinski definition) is 4. The van der Waals surface area contributed by atoms with Crippen LogP contribution < -0.4 is 5.32 Å². The summed E-state index contributed by atoms with van der Waals surface area (Å²) < 4.78 is 28.7. The zero-order valence-corrected chi connectivity index (χ0v) is 15.6. The van der Waals surface area contributed by atoms with Crippen molar-refractivity contribution in [2.24, 2.45) is 22.7 Å². The van der Waals surface area contributed by atoms with Crippen molar-refractivity contribution < 1.29 is 13.2 Å². The molecule has 24 heavy (non-hydrogen) atoms. The molecule has 7 heteroatoms. The van der Waals surface area contributed by atoms with E-state index in [1.807, 2.05) is 0 Å². The number of nitrogens with zero attached hydrogens (tertiary/aromatic N) is 2. The molecule has 3 heterocycles. The predicted molar refractivity (Wildman–Crippen MR) is 96.0 cm³/mol. The van der Waals surface area contributed by atoms with E-state index < -0.39 is 9.84 Å². The van der Waals surface area contributed by atoms with E-state index in [2.05, 4.69) is 17.1 Å². The molecular weight excluding hydrogens is 326 g/mol. The van der Waals surface area contributed by atoms with Crippen LogP contribution in [0.2, 0.25) is 0 Å². The summed E-state index contributed by atoms with van der Waals surface area (Å²) in [6, 6.07) is 0. The molecule has 0 bridgehead atoms. The van der Waals surface area contributed by atoms with Gasteiger partial charge in [-0.05, 0) is 37.5 Å². The van der Waals surface area contributed by atoms with Gasteiger partial charge in [0.1, 0.15) is 0 Å². The highest BCUT2D eigenvalue weighted by Crippen LogP contribution is 2.20. The lowest BCUT2D eigenvalue weighted by Gasteiger charge is -2.33. The van der Waals surface area contributed by atoms with Crippen LogP contribution in [-0.4, -0.2) is 70.2 Å². The maximum absolute atomic E-state index is 11.6. The lowest BCUT2D eigenvalue weighted by molar-refractivity contribution is 0.185. The lowest BCUT2D eigenvalue weighted by Crippen LogP contribution is -2.47. The highest BCUT2D eigenvalue weighted by atomic mass is 32.2. The zero-order chi connectivity index (χ0) is 17.0. The fraction of sp³-hybridized carbons (Fsp3) is 0.941. The van der Waals surface area contributed by atoms with E-state index in [1.165, 1.54) is 12.8 Å². The van der Waals surface area contributed by atoms with Crippen LogP contribution in [0.3, 0.4) is 0 Å². The number of ether oxygens (including phenoxy) is 1. The maximum atomic E-state index is 11.6. The van der Waals surface area contributed by atoms with E-state index in [-0.39, 0.29) is 5.92 Å². The molecule has 3 aliphatic heterocycles. The number of sulfone groups is 1. The lowest BCUT2D eigenvalue weighted by atomic mass is 9.99. The van der Waals surface area contributed by atoms with Gasteiger partial charge < -0.3 is 15.0 Å². The van der Waals surface area contributed by atoms with Gasteiger partial charge in [-0.1, -0.05) is 6.92 Å². The topological polar surface area (TPSA) is 71.0 Å². The fourth-order valence-electron chi connectivity index (χ4n) is 3.70. The third-order valence-corrected chi connectivity index (χ3v) is 7.32. The molecule has 0 aromatic heterocycles. The number of hydrogen-bond donors (Lipinski definition) is 1. The largest absolute Gasteiger partial charge is 0.381 e. The molecule has 3 rings (SSSR count). The van der Waals surface area contributed by atoms with E-state index in [9.17, 15) is 8.42 Å². The van der Waals surface area contributed by atoms with E-state index in [4.69, 9.17) is 9.73 Å². The Bertz CT molecular complexity index is 535. The smallest absolute Gasteiger partial charge is 0.193 e. The Morgan fingerprint density at radius 1 is 1.21 bits per heavy atom. The number of aliphatic imine (C=N–C) groups is 1. The van der Waals surface area contributed by atoms with Gasteiger partial charge >= 0.3 is 0 Å². The Labute approximate surface area is 146 Å². The van der Waals surface area contributed by atoms with E-state index in [1.54, 1.807) is 0 Å².